The van der Waals surface area contributed by atoms with Gasteiger partial charge in [-0.05, 0) is 37.1 Å². The molecule has 0 N–H and O–H groups in total. The summed E-state index contributed by atoms with van der Waals surface area (Å²) < 4.78 is 12.5. The maximum absolute atomic E-state index is 13.4. The molecule has 3 heterocycles. The minimum atomic E-state index is -0.145. The van der Waals surface area contributed by atoms with Crippen LogP contribution in [0.5, 0.6) is 11.6 Å². The lowest BCUT2D eigenvalue weighted by molar-refractivity contribution is 0.0969. The van der Waals surface area contributed by atoms with E-state index in [0.717, 1.165) is 23.4 Å². The van der Waals surface area contributed by atoms with Gasteiger partial charge in [-0.2, -0.15) is 0 Å². The number of aryl methyl sites for hydroxylation is 2. The van der Waals surface area contributed by atoms with Crippen LogP contribution >= 0.6 is 0 Å². The molecule has 0 aliphatic carbocycles. The summed E-state index contributed by atoms with van der Waals surface area (Å²) in [7, 11) is 1.55. The summed E-state index contributed by atoms with van der Waals surface area (Å²) in [5, 5.41) is 4.37. The van der Waals surface area contributed by atoms with E-state index in [1.807, 2.05) is 25.1 Å². The summed E-state index contributed by atoms with van der Waals surface area (Å²) >= 11 is 0. The summed E-state index contributed by atoms with van der Waals surface area (Å²) in [6.07, 6.45) is 0.892. The molecule has 1 aliphatic heterocycles. The van der Waals surface area contributed by atoms with E-state index in [1.165, 1.54) is 0 Å². The smallest absolute Gasteiger partial charge is 0.279 e. The number of carbonyl (C=O) groups excluding carboxylic acids is 1. The van der Waals surface area contributed by atoms with Crippen LogP contribution in [0.15, 0.2) is 30.3 Å². The van der Waals surface area contributed by atoms with Crippen molar-refractivity contribution in [2.45, 2.75) is 20.3 Å². The van der Waals surface area contributed by atoms with Gasteiger partial charge < -0.3 is 14.4 Å². The average Bonchev–Trinajstić information content (AvgIpc) is 3.01. The molecule has 0 saturated carbocycles. The molecule has 3 aromatic rings. The zero-order valence-corrected chi connectivity index (χ0v) is 15.0. The topological polar surface area (TPSA) is 69.0 Å². The third-order valence-electron chi connectivity index (χ3n) is 4.58. The highest BCUT2D eigenvalue weighted by Crippen LogP contribution is 2.34. The Morgan fingerprint density at radius 1 is 1.31 bits per heavy atom. The Labute approximate surface area is 151 Å². The van der Waals surface area contributed by atoms with E-state index in [9.17, 15) is 4.79 Å². The summed E-state index contributed by atoms with van der Waals surface area (Å²) in [5.41, 5.74) is 3.63. The van der Waals surface area contributed by atoms with Gasteiger partial charge in [0, 0.05) is 6.07 Å². The summed E-state index contributed by atoms with van der Waals surface area (Å²) in [4.78, 5) is 19.6. The van der Waals surface area contributed by atoms with Crippen LogP contribution in [0.3, 0.4) is 0 Å². The van der Waals surface area contributed by atoms with Crippen LogP contribution in [0.1, 0.15) is 28.7 Å². The van der Waals surface area contributed by atoms with Crippen molar-refractivity contribution in [3.05, 3.63) is 47.3 Å². The largest absolute Gasteiger partial charge is 0.490 e. The first kappa shape index (κ1) is 16.4. The van der Waals surface area contributed by atoms with Gasteiger partial charge in [-0.3, -0.25) is 4.79 Å². The second kappa shape index (κ2) is 6.33. The standard InChI is InChI=1S/C19H20N4O3/c1-4-13-5-6-15-14(11-13)22(9-10-26-15)19(24)18-12(2)20-16-7-8-17(25-3)21-23(16)18/h5-8,11H,4,9-10H2,1-3H3. The van der Waals surface area contributed by atoms with Gasteiger partial charge in [0.1, 0.15) is 12.4 Å². The van der Waals surface area contributed by atoms with Crippen LogP contribution in [0.4, 0.5) is 5.69 Å². The maximum atomic E-state index is 13.4. The van der Waals surface area contributed by atoms with Gasteiger partial charge in [0.2, 0.25) is 5.88 Å². The Hall–Kier alpha value is -3.09. The molecule has 7 heteroatoms. The second-order valence-corrected chi connectivity index (χ2v) is 6.15. The summed E-state index contributed by atoms with van der Waals surface area (Å²) in [6.45, 7) is 4.84. The lowest BCUT2D eigenvalue weighted by Crippen LogP contribution is -2.39. The fourth-order valence-electron chi connectivity index (χ4n) is 3.20. The number of rotatable bonds is 3. The number of amides is 1. The number of methoxy groups -OCH3 is 1. The molecule has 4 rings (SSSR count). The van der Waals surface area contributed by atoms with Crippen molar-refractivity contribution >= 4 is 17.2 Å². The molecule has 1 aromatic carbocycles. The number of imidazole rings is 1. The van der Waals surface area contributed by atoms with Gasteiger partial charge in [-0.25, -0.2) is 9.50 Å². The quantitative estimate of drug-likeness (QED) is 0.725. The molecular weight excluding hydrogens is 332 g/mol. The van der Waals surface area contributed by atoms with Crippen molar-refractivity contribution < 1.29 is 14.3 Å². The highest BCUT2D eigenvalue weighted by Gasteiger charge is 2.29. The van der Waals surface area contributed by atoms with Crippen LogP contribution in [-0.4, -0.2) is 40.8 Å². The number of benzene rings is 1. The molecule has 0 bridgehead atoms. The molecule has 0 saturated heterocycles. The number of aromatic nitrogens is 3. The van der Waals surface area contributed by atoms with Crippen molar-refractivity contribution in [1.29, 1.82) is 0 Å². The van der Waals surface area contributed by atoms with Gasteiger partial charge in [-0.1, -0.05) is 13.0 Å². The van der Waals surface area contributed by atoms with E-state index in [2.05, 4.69) is 17.0 Å². The molecule has 2 aromatic heterocycles. The second-order valence-electron chi connectivity index (χ2n) is 6.15. The molecule has 26 heavy (non-hydrogen) atoms. The van der Waals surface area contributed by atoms with Crippen LogP contribution < -0.4 is 14.4 Å². The molecule has 0 atom stereocenters. The lowest BCUT2D eigenvalue weighted by atomic mass is 10.1. The van der Waals surface area contributed by atoms with Gasteiger partial charge >= 0.3 is 0 Å². The fourth-order valence-corrected chi connectivity index (χ4v) is 3.20. The molecular formula is C19H20N4O3. The molecule has 0 radical (unpaired) electrons. The Kier molecular flexibility index (Phi) is 3.99. The summed E-state index contributed by atoms with van der Waals surface area (Å²) in [5.74, 6) is 1.01. The Balaban J connectivity index is 1.82. The first-order chi connectivity index (χ1) is 12.6. The Bertz CT molecular complexity index is 996. The van der Waals surface area contributed by atoms with Crippen molar-refractivity contribution in [3.8, 4) is 11.6 Å². The van der Waals surface area contributed by atoms with E-state index in [1.54, 1.807) is 28.7 Å². The maximum Gasteiger partial charge on any atom is 0.279 e. The van der Waals surface area contributed by atoms with E-state index >= 15 is 0 Å². The number of hydrogen-bond donors (Lipinski definition) is 0. The molecule has 7 nitrogen and oxygen atoms in total. The van der Waals surface area contributed by atoms with Crippen molar-refractivity contribution in [2.75, 3.05) is 25.2 Å². The van der Waals surface area contributed by atoms with Gasteiger partial charge in [0.25, 0.3) is 5.91 Å². The van der Waals surface area contributed by atoms with Crippen molar-refractivity contribution in [3.63, 3.8) is 0 Å². The summed E-state index contributed by atoms with van der Waals surface area (Å²) in [6, 6.07) is 9.49. The number of fused-ring (bicyclic) bond motifs is 2. The average molecular weight is 352 g/mol. The third-order valence-corrected chi connectivity index (χ3v) is 4.58. The first-order valence-electron chi connectivity index (χ1n) is 8.60. The van der Waals surface area contributed by atoms with Gasteiger partial charge in [0.15, 0.2) is 11.3 Å². The number of nitrogens with zero attached hydrogens (tertiary/aromatic N) is 4. The van der Waals surface area contributed by atoms with Gasteiger partial charge in [0.05, 0.1) is 25.0 Å². The predicted octanol–water partition coefficient (Wildman–Crippen LogP) is 2.65. The number of hydrogen-bond acceptors (Lipinski definition) is 5. The van der Waals surface area contributed by atoms with E-state index in [4.69, 9.17) is 9.47 Å². The third kappa shape index (κ3) is 2.56. The van der Waals surface area contributed by atoms with E-state index in [0.29, 0.717) is 36.1 Å². The highest BCUT2D eigenvalue weighted by atomic mass is 16.5. The molecule has 0 spiro atoms. The Morgan fingerprint density at radius 3 is 2.92 bits per heavy atom. The minimum Gasteiger partial charge on any atom is -0.490 e. The normalized spacial score (nSPS) is 13.4. The molecule has 1 amide bonds. The molecule has 134 valence electrons. The molecule has 0 unspecified atom stereocenters. The van der Waals surface area contributed by atoms with Crippen LogP contribution in [0.25, 0.3) is 5.65 Å². The zero-order valence-electron chi connectivity index (χ0n) is 15.0. The SMILES string of the molecule is CCc1ccc2c(c1)N(C(=O)c1c(C)nc3ccc(OC)nn13)CCO2. The number of anilines is 1. The Morgan fingerprint density at radius 2 is 2.15 bits per heavy atom. The van der Waals surface area contributed by atoms with Crippen LogP contribution in [0.2, 0.25) is 0 Å². The fraction of sp³-hybridized carbons (Fsp3) is 0.316. The first-order valence-corrected chi connectivity index (χ1v) is 8.60. The minimum absolute atomic E-state index is 0.145. The van der Waals surface area contributed by atoms with E-state index in [-0.39, 0.29) is 5.91 Å². The monoisotopic (exact) mass is 352 g/mol. The molecule has 1 aliphatic rings. The van der Waals surface area contributed by atoms with Crippen LogP contribution in [0, 0.1) is 6.92 Å². The molecule has 0 fully saturated rings. The highest BCUT2D eigenvalue weighted by molar-refractivity contribution is 6.07. The number of carbonyl (C=O) groups is 1. The van der Waals surface area contributed by atoms with Gasteiger partial charge in [-0.15, -0.1) is 5.10 Å². The van der Waals surface area contributed by atoms with E-state index < -0.39 is 0 Å². The predicted molar refractivity (Wildman–Crippen MR) is 97.3 cm³/mol. The lowest BCUT2D eigenvalue weighted by Gasteiger charge is -2.30. The zero-order chi connectivity index (χ0) is 18.3. The van der Waals surface area contributed by atoms with Crippen molar-refractivity contribution in [1.82, 2.24) is 14.6 Å². The van der Waals surface area contributed by atoms with Crippen molar-refractivity contribution in [2.24, 2.45) is 0 Å². The van der Waals surface area contributed by atoms with Crippen LogP contribution in [-0.2, 0) is 6.42 Å². The number of ether oxygens (including phenoxy) is 2.